The summed E-state index contributed by atoms with van der Waals surface area (Å²) >= 11 is 0. The van der Waals surface area contributed by atoms with E-state index in [4.69, 9.17) is 9.88 Å². The molecule has 14 heavy (non-hydrogen) atoms. The van der Waals surface area contributed by atoms with Gasteiger partial charge in [0.25, 0.3) is 0 Å². The SMILES string of the molecule is [CH2]CCOc1ccc(S(N)(=O)=O)cc1. The van der Waals surface area contributed by atoms with Crippen molar-refractivity contribution in [2.45, 2.75) is 11.3 Å². The van der Waals surface area contributed by atoms with Crippen LogP contribution in [0.5, 0.6) is 5.75 Å². The first kappa shape index (κ1) is 11.0. The van der Waals surface area contributed by atoms with Crippen molar-refractivity contribution in [3.63, 3.8) is 0 Å². The average molecular weight is 214 g/mol. The lowest BCUT2D eigenvalue weighted by molar-refractivity contribution is 0.324. The maximum Gasteiger partial charge on any atom is 0.238 e. The highest BCUT2D eigenvalue weighted by Crippen LogP contribution is 2.14. The summed E-state index contributed by atoms with van der Waals surface area (Å²) in [5.41, 5.74) is 0. The Bertz CT molecular complexity index is 383. The first-order valence-electron chi connectivity index (χ1n) is 4.09. The van der Waals surface area contributed by atoms with E-state index in [1.807, 2.05) is 0 Å². The van der Waals surface area contributed by atoms with Gasteiger partial charge in [-0.15, -0.1) is 0 Å². The number of hydrogen-bond donors (Lipinski definition) is 1. The molecule has 77 valence electrons. The van der Waals surface area contributed by atoms with E-state index in [9.17, 15) is 8.42 Å². The van der Waals surface area contributed by atoms with E-state index in [0.29, 0.717) is 18.8 Å². The highest BCUT2D eigenvalue weighted by atomic mass is 32.2. The molecule has 5 heteroatoms. The van der Waals surface area contributed by atoms with E-state index < -0.39 is 10.0 Å². The molecule has 4 nitrogen and oxygen atoms in total. The fraction of sp³-hybridized carbons (Fsp3) is 0.222. The molecule has 0 saturated heterocycles. The van der Waals surface area contributed by atoms with Gasteiger partial charge in [-0.25, -0.2) is 13.6 Å². The first-order chi connectivity index (χ1) is 6.54. The molecule has 0 bridgehead atoms. The molecular formula is C9H12NO3S. The summed E-state index contributed by atoms with van der Waals surface area (Å²) in [5, 5.41) is 4.93. The largest absolute Gasteiger partial charge is 0.494 e. The minimum Gasteiger partial charge on any atom is -0.494 e. The number of rotatable bonds is 4. The van der Waals surface area contributed by atoms with Gasteiger partial charge in [0.2, 0.25) is 10.0 Å². The van der Waals surface area contributed by atoms with Gasteiger partial charge in [-0.05, 0) is 37.6 Å². The van der Waals surface area contributed by atoms with Crippen molar-refractivity contribution in [1.82, 2.24) is 0 Å². The van der Waals surface area contributed by atoms with E-state index in [-0.39, 0.29) is 4.90 Å². The van der Waals surface area contributed by atoms with Crippen LogP contribution in [-0.2, 0) is 10.0 Å². The lowest BCUT2D eigenvalue weighted by Crippen LogP contribution is -2.11. The van der Waals surface area contributed by atoms with Gasteiger partial charge in [0.15, 0.2) is 0 Å². The molecule has 1 radical (unpaired) electrons. The summed E-state index contributed by atoms with van der Waals surface area (Å²) in [6, 6.07) is 5.95. The van der Waals surface area contributed by atoms with Gasteiger partial charge < -0.3 is 4.74 Å². The smallest absolute Gasteiger partial charge is 0.238 e. The average Bonchev–Trinajstić information content (AvgIpc) is 2.14. The molecule has 1 aromatic rings. The van der Waals surface area contributed by atoms with Crippen molar-refractivity contribution in [2.24, 2.45) is 5.14 Å². The van der Waals surface area contributed by atoms with Gasteiger partial charge >= 0.3 is 0 Å². The fourth-order valence-corrected chi connectivity index (χ4v) is 1.43. The Morgan fingerprint density at radius 2 is 1.86 bits per heavy atom. The van der Waals surface area contributed by atoms with Crippen molar-refractivity contribution in [1.29, 1.82) is 0 Å². The molecule has 1 rings (SSSR count). The van der Waals surface area contributed by atoms with Crippen molar-refractivity contribution in [3.8, 4) is 5.75 Å². The second kappa shape index (κ2) is 4.43. The van der Waals surface area contributed by atoms with Gasteiger partial charge in [0, 0.05) is 0 Å². The predicted octanol–water partition coefficient (Wildman–Crippen LogP) is 0.937. The quantitative estimate of drug-likeness (QED) is 0.810. The molecular weight excluding hydrogens is 202 g/mol. The van der Waals surface area contributed by atoms with Crippen LogP contribution in [0.15, 0.2) is 29.2 Å². The first-order valence-corrected chi connectivity index (χ1v) is 5.63. The van der Waals surface area contributed by atoms with E-state index in [0.717, 1.165) is 0 Å². The van der Waals surface area contributed by atoms with Gasteiger partial charge in [0.05, 0.1) is 11.5 Å². The molecule has 0 aliphatic carbocycles. The monoisotopic (exact) mass is 214 g/mol. The van der Waals surface area contributed by atoms with E-state index in [1.54, 1.807) is 12.1 Å². The van der Waals surface area contributed by atoms with E-state index in [1.165, 1.54) is 12.1 Å². The molecule has 0 amide bonds. The highest BCUT2D eigenvalue weighted by Gasteiger charge is 2.06. The summed E-state index contributed by atoms with van der Waals surface area (Å²) in [7, 11) is -3.61. The Kier molecular flexibility index (Phi) is 3.49. The second-order valence-electron chi connectivity index (χ2n) is 2.72. The van der Waals surface area contributed by atoms with Gasteiger partial charge in [0.1, 0.15) is 5.75 Å². The van der Waals surface area contributed by atoms with Gasteiger partial charge in [-0.1, -0.05) is 0 Å². The summed E-state index contributed by atoms with van der Waals surface area (Å²) in [6.45, 7) is 4.13. The number of primary sulfonamides is 1. The third-order valence-corrected chi connectivity index (χ3v) is 2.49. The molecule has 0 aliphatic heterocycles. The number of ether oxygens (including phenoxy) is 1. The van der Waals surface area contributed by atoms with Crippen LogP contribution < -0.4 is 9.88 Å². The number of sulfonamides is 1. The van der Waals surface area contributed by atoms with E-state index in [2.05, 4.69) is 6.92 Å². The standard InChI is InChI=1S/C9H12NO3S/c1-2-7-13-8-3-5-9(6-4-8)14(10,11)12/h3-6H,1-2,7H2,(H2,10,11,12). The minimum atomic E-state index is -3.61. The van der Waals surface area contributed by atoms with Crippen molar-refractivity contribution >= 4 is 10.0 Å². The highest BCUT2D eigenvalue weighted by molar-refractivity contribution is 7.89. The molecule has 2 N–H and O–H groups in total. The Morgan fingerprint density at radius 1 is 1.29 bits per heavy atom. The topological polar surface area (TPSA) is 69.4 Å². The lowest BCUT2D eigenvalue weighted by atomic mass is 10.3. The van der Waals surface area contributed by atoms with Crippen LogP contribution in [0.4, 0.5) is 0 Å². The Morgan fingerprint density at radius 3 is 2.29 bits per heavy atom. The van der Waals surface area contributed by atoms with E-state index >= 15 is 0 Å². The maximum atomic E-state index is 10.9. The van der Waals surface area contributed by atoms with Crippen LogP contribution in [0.25, 0.3) is 0 Å². The van der Waals surface area contributed by atoms with Gasteiger partial charge in [-0.3, -0.25) is 0 Å². The normalized spacial score (nSPS) is 11.3. The number of hydrogen-bond acceptors (Lipinski definition) is 3. The molecule has 0 heterocycles. The Balaban J connectivity index is 2.79. The molecule has 0 fully saturated rings. The van der Waals surface area contributed by atoms with Crippen molar-refractivity contribution in [3.05, 3.63) is 31.2 Å². The summed E-state index contributed by atoms with van der Waals surface area (Å²) in [6.07, 6.45) is 0.664. The lowest BCUT2D eigenvalue weighted by Gasteiger charge is -2.04. The predicted molar refractivity (Wildman–Crippen MR) is 53.3 cm³/mol. The summed E-state index contributed by atoms with van der Waals surface area (Å²) in [5.74, 6) is 0.612. The van der Waals surface area contributed by atoms with Crippen molar-refractivity contribution < 1.29 is 13.2 Å². The third-order valence-electron chi connectivity index (χ3n) is 1.57. The molecule has 1 aromatic carbocycles. The molecule has 0 saturated carbocycles. The number of benzene rings is 1. The number of nitrogens with two attached hydrogens (primary N) is 1. The zero-order valence-electron chi connectivity index (χ0n) is 7.64. The van der Waals surface area contributed by atoms with Crippen molar-refractivity contribution in [2.75, 3.05) is 6.61 Å². The zero-order valence-corrected chi connectivity index (χ0v) is 8.46. The molecule has 0 aromatic heterocycles. The van der Waals surface area contributed by atoms with Crippen LogP contribution >= 0.6 is 0 Å². The maximum absolute atomic E-state index is 10.9. The van der Waals surface area contributed by atoms with Crippen LogP contribution in [0.2, 0.25) is 0 Å². The van der Waals surface area contributed by atoms with Crippen LogP contribution in [0.3, 0.4) is 0 Å². The molecule has 0 spiro atoms. The summed E-state index contributed by atoms with van der Waals surface area (Å²) in [4.78, 5) is 0.0828. The minimum absolute atomic E-state index is 0.0828. The molecule has 0 aliphatic rings. The van der Waals surface area contributed by atoms with Gasteiger partial charge in [-0.2, -0.15) is 0 Å². The van der Waals surface area contributed by atoms with Crippen LogP contribution in [0.1, 0.15) is 6.42 Å². The zero-order chi connectivity index (χ0) is 10.6. The fourth-order valence-electron chi connectivity index (χ4n) is 0.916. The Labute approximate surface area is 83.7 Å². The Hall–Kier alpha value is -1.07. The molecule has 0 unspecified atom stereocenters. The third kappa shape index (κ3) is 3.01. The van der Waals surface area contributed by atoms with Crippen LogP contribution in [0, 0.1) is 6.92 Å². The molecule has 0 atom stereocenters. The van der Waals surface area contributed by atoms with Crippen LogP contribution in [-0.4, -0.2) is 15.0 Å². The summed E-state index contributed by atoms with van der Waals surface area (Å²) < 4.78 is 27.0. The second-order valence-corrected chi connectivity index (χ2v) is 4.28.